The minimum atomic E-state index is -1.81. The number of aliphatic hydroxyl groups is 2. The average Bonchev–Trinajstić information content (AvgIpc) is 2.83. The van der Waals surface area contributed by atoms with Crippen LogP contribution in [-0.2, 0) is 26.2 Å². The van der Waals surface area contributed by atoms with E-state index in [0.29, 0.717) is 0 Å². The molecule has 0 rings (SSSR count). The molecule has 35 heavy (non-hydrogen) atoms. The third kappa shape index (κ3) is 39.8. The van der Waals surface area contributed by atoms with Gasteiger partial charge in [0.1, 0.15) is 0 Å². The van der Waals surface area contributed by atoms with Crippen LogP contribution in [0.2, 0.25) is 36.3 Å². The van der Waals surface area contributed by atoms with E-state index in [1.165, 1.54) is 77.0 Å². The van der Waals surface area contributed by atoms with Crippen LogP contribution in [0.25, 0.3) is 0 Å². The van der Waals surface area contributed by atoms with E-state index in [4.69, 9.17) is 10.2 Å². The van der Waals surface area contributed by atoms with Gasteiger partial charge in [-0.15, -0.1) is 0 Å². The standard InChI is InChI=1S/2C12H28OSi.2C2H6O.Zr/c2*1-4-7-10-14(13,11-8-5-2)12-9-6-3;2*1-2-3;/h2*13H,4-12H2,1-3H3;2*3H,2H2,1H3;. The fraction of sp³-hybridized carbons (Fsp3) is 1.00. The zero-order valence-electron chi connectivity index (χ0n) is 25.4. The van der Waals surface area contributed by atoms with Gasteiger partial charge in [0.25, 0.3) is 0 Å². The van der Waals surface area contributed by atoms with Crippen molar-refractivity contribution in [1.82, 2.24) is 0 Å². The van der Waals surface area contributed by atoms with Crippen LogP contribution in [0, 0.1) is 0 Å². The molecule has 0 amide bonds. The maximum Gasteiger partial charge on any atom is 0.188 e. The van der Waals surface area contributed by atoms with Gasteiger partial charge in [-0.05, 0) is 50.1 Å². The summed E-state index contributed by atoms with van der Waals surface area (Å²) in [5.41, 5.74) is 0. The Labute approximate surface area is 243 Å². The molecule has 0 aromatic carbocycles. The molecule has 0 aliphatic rings. The van der Waals surface area contributed by atoms with Crippen LogP contribution < -0.4 is 0 Å². The molecule has 0 atom stereocenters. The van der Waals surface area contributed by atoms with Gasteiger partial charge < -0.3 is 19.8 Å². The molecule has 0 aromatic rings. The Morgan fingerprint density at radius 3 is 0.571 bits per heavy atom. The van der Waals surface area contributed by atoms with E-state index in [0.717, 1.165) is 36.3 Å². The Morgan fingerprint density at radius 2 is 0.486 bits per heavy atom. The SMILES string of the molecule is CCCC[Si](O)(CCCC)CCCC.CCCC[Si](O)(CCCC)CCCC.CCO.CCO.[Zr]. The Bertz CT molecular complexity index is 275. The van der Waals surface area contributed by atoms with Crippen LogP contribution in [0.5, 0.6) is 0 Å². The largest absolute Gasteiger partial charge is 0.432 e. The van der Waals surface area contributed by atoms with Gasteiger partial charge in [0.05, 0.1) is 0 Å². The first-order chi connectivity index (χ1) is 16.2. The molecule has 0 bridgehead atoms. The van der Waals surface area contributed by atoms with Crippen molar-refractivity contribution >= 4 is 16.6 Å². The molecular formula is C28H68O4Si2Zr. The average molecular weight is 616 g/mol. The van der Waals surface area contributed by atoms with Crippen molar-refractivity contribution in [3.8, 4) is 0 Å². The van der Waals surface area contributed by atoms with E-state index in [1.807, 2.05) is 0 Å². The van der Waals surface area contributed by atoms with Crippen molar-refractivity contribution in [3.05, 3.63) is 0 Å². The molecule has 0 saturated heterocycles. The van der Waals surface area contributed by atoms with Gasteiger partial charge in [-0.3, -0.25) is 0 Å². The van der Waals surface area contributed by atoms with E-state index in [-0.39, 0.29) is 39.4 Å². The zero-order valence-corrected chi connectivity index (χ0v) is 29.9. The molecule has 0 aliphatic heterocycles. The van der Waals surface area contributed by atoms with Gasteiger partial charge in [-0.25, -0.2) is 0 Å². The van der Waals surface area contributed by atoms with Crippen molar-refractivity contribution in [2.24, 2.45) is 0 Å². The van der Waals surface area contributed by atoms with Crippen molar-refractivity contribution in [3.63, 3.8) is 0 Å². The molecule has 0 heterocycles. The number of hydrogen-bond donors (Lipinski definition) is 4. The van der Waals surface area contributed by atoms with Crippen LogP contribution in [0.4, 0.5) is 0 Å². The van der Waals surface area contributed by atoms with Crippen LogP contribution in [0.15, 0.2) is 0 Å². The predicted molar refractivity (Wildman–Crippen MR) is 160 cm³/mol. The summed E-state index contributed by atoms with van der Waals surface area (Å²) in [6.07, 6.45) is 14.8. The number of rotatable bonds is 18. The molecule has 0 unspecified atom stereocenters. The summed E-state index contributed by atoms with van der Waals surface area (Å²) in [5, 5.41) is 15.1. The van der Waals surface area contributed by atoms with Gasteiger partial charge in [0.15, 0.2) is 16.6 Å². The van der Waals surface area contributed by atoms with Crippen LogP contribution in [0.1, 0.15) is 132 Å². The molecule has 0 aromatic heterocycles. The molecular weight excluding hydrogens is 548 g/mol. The minimum absolute atomic E-state index is 0. The third-order valence-electron chi connectivity index (χ3n) is 5.97. The third-order valence-corrected chi connectivity index (χ3v) is 13.7. The Morgan fingerprint density at radius 1 is 0.371 bits per heavy atom. The number of hydrogen-bond acceptors (Lipinski definition) is 4. The van der Waals surface area contributed by atoms with Gasteiger partial charge in [0.2, 0.25) is 0 Å². The first-order valence-electron chi connectivity index (χ1n) is 14.9. The van der Waals surface area contributed by atoms with E-state index in [2.05, 4.69) is 41.5 Å². The summed E-state index contributed by atoms with van der Waals surface area (Å²) in [6, 6.07) is 6.85. The molecule has 0 aliphatic carbocycles. The fourth-order valence-corrected chi connectivity index (χ4v) is 11.4. The van der Waals surface area contributed by atoms with E-state index >= 15 is 0 Å². The number of unbranched alkanes of at least 4 members (excludes halogenated alkanes) is 6. The Kier molecular flexibility index (Phi) is 49.1. The first kappa shape index (κ1) is 46.0. The zero-order chi connectivity index (χ0) is 27.1. The summed E-state index contributed by atoms with van der Waals surface area (Å²) in [6.45, 7) is 17.2. The van der Waals surface area contributed by atoms with E-state index in [9.17, 15) is 9.59 Å². The smallest absolute Gasteiger partial charge is 0.188 e. The topological polar surface area (TPSA) is 80.9 Å². The molecule has 0 radical (unpaired) electrons. The van der Waals surface area contributed by atoms with Crippen LogP contribution in [0.3, 0.4) is 0 Å². The van der Waals surface area contributed by atoms with Gasteiger partial charge in [-0.2, -0.15) is 0 Å². The normalized spacial score (nSPS) is 10.6. The van der Waals surface area contributed by atoms with E-state index < -0.39 is 16.6 Å². The predicted octanol–water partition coefficient (Wildman–Crippen LogP) is 8.64. The van der Waals surface area contributed by atoms with Gasteiger partial charge in [-0.1, -0.05) is 119 Å². The first-order valence-corrected chi connectivity index (χ1v) is 20.0. The molecule has 216 valence electrons. The van der Waals surface area contributed by atoms with Crippen LogP contribution >= 0.6 is 0 Å². The van der Waals surface area contributed by atoms with Crippen molar-refractivity contribution in [2.45, 2.75) is 169 Å². The summed E-state index contributed by atoms with van der Waals surface area (Å²) in [5.74, 6) is 0. The minimum Gasteiger partial charge on any atom is -0.432 e. The molecule has 4 N–H and O–H groups in total. The maximum absolute atomic E-state index is 10.5. The second kappa shape index (κ2) is 37.3. The summed E-state index contributed by atoms with van der Waals surface area (Å²) in [7, 11) is -3.62. The summed E-state index contributed by atoms with van der Waals surface area (Å²) < 4.78 is 0. The van der Waals surface area contributed by atoms with E-state index in [1.54, 1.807) is 13.8 Å². The van der Waals surface area contributed by atoms with Crippen LogP contribution in [-0.4, -0.2) is 49.7 Å². The molecule has 7 heteroatoms. The molecule has 0 spiro atoms. The van der Waals surface area contributed by atoms with Crippen molar-refractivity contribution in [1.29, 1.82) is 0 Å². The molecule has 4 nitrogen and oxygen atoms in total. The summed E-state index contributed by atoms with van der Waals surface area (Å²) >= 11 is 0. The quantitative estimate of drug-likeness (QED) is 0.116. The summed E-state index contributed by atoms with van der Waals surface area (Å²) in [4.78, 5) is 21.1. The Balaban J connectivity index is -0.000000136. The monoisotopic (exact) mass is 614 g/mol. The molecule has 0 fully saturated rings. The maximum atomic E-state index is 10.5. The van der Waals surface area contributed by atoms with Gasteiger partial charge in [0, 0.05) is 39.4 Å². The van der Waals surface area contributed by atoms with Gasteiger partial charge >= 0.3 is 0 Å². The second-order valence-corrected chi connectivity index (χ2v) is 17.6. The Hall–Kier alpha value is 1.16. The number of aliphatic hydroxyl groups excluding tert-OH is 2. The molecule has 0 saturated carbocycles. The second-order valence-electron chi connectivity index (χ2n) is 9.70. The van der Waals surface area contributed by atoms with Crippen molar-refractivity contribution < 1.29 is 46.0 Å². The van der Waals surface area contributed by atoms with Crippen molar-refractivity contribution in [2.75, 3.05) is 13.2 Å². The fourth-order valence-electron chi connectivity index (χ4n) is 3.79.